The van der Waals surface area contributed by atoms with E-state index in [-0.39, 0.29) is 11.9 Å². The van der Waals surface area contributed by atoms with E-state index in [4.69, 9.17) is 5.73 Å². The largest absolute Gasteiger partial charge is 0.384 e. The smallest absolute Gasteiger partial charge is 0.253 e. The van der Waals surface area contributed by atoms with Crippen molar-refractivity contribution in [3.05, 3.63) is 23.9 Å². The van der Waals surface area contributed by atoms with Gasteiger partial charge in [-0.3, -0.25) is 4.79 Å². The van der Waals surface area contributed by atoms with Gasteiger partial charge < -0.3 is 11.1 Å². The van der Waals surface area contributed by atoms with Gasteiger partial charge in [-0.05, 0) is 25.0 Å². The maximum atomic E-state index is 11.7. The first kappa shape index (κ1) is 11.5. The molecule has 82 valence electrons. The van der Waals surface area contributed by atoms with Crippen LogP contribution >= 0.6 is 0 Å². The summed E-state index contributed by atoms with van der Waals surface area (Å²) in [6.07, 6.45) is 1.48. The Morgan fingerprint density at radius 3 is 2.53 bits per heavy atom. The molecule has 0 fully saturated rings. The molecule has 3 N–H and O–H groups in total. The van der Waals surface area contributed by atoms with Crippen LogP contribution in [-0.4, -0.2) is 16.9 Å². The molecule has 1 aromatic heterocycles. The molecular formula is C11H17N3O. The van der Waals surface area contributed by atoms with E-state index in [1.54, 1.807) is 12.1 Å². The zero-order valence-electron chi connectivity index (χ0n) is 9.32. The third-order valence-electron chi connectivity index (χ3n) is 2.41. The van der Waals surface area contributed by atoms with Gasteiger partial charge >= 0.3 is 0 Å². The fourth-order valence-electron chi connectivity index (χ4n) is 0.996. The molecule has 0 bridgehead atoms. The Kier molecular flexibility index (Phi) is 3.66. The first-order valence-electron chi connectivity index (χ1n) is 5.03. The average molecular weight is 207 g/mol. The number of anilines is 1. The Hall–Kier alpha value is -1.58. The summed E-state index contributed by atoms with van der Waals surface area (Å²) in [6.45, 7) is 6.10. The number of aromatic nitrogens is 1. The lowest BCUT2D eigenvalue weighted by molar-refractivity contribution is 0.0930. The maximum absolute atomic E-state index is 11.7. The number of hydrogen-bond acceptors (Lipinski definition) is 3. The molecule has 1 aromatic rings. The molecule has 4 heteroatoms. The Balaban J connectivity index is 2.65. The first-order chi connectivity index (χ1) is 7.00. The summed E-state index contributed by atoms with van der Waals surface area (Å²) in [5.41, 5.74) is 5.97. The van der Waals surface area contributed by atoms with Gasteiger partial charge in [-0.25, -0.2) is 4.98 Å². The SMILES string of the molecule is CC(C)C(C)NC(=O)c1ccc(N)nc1. The van der Waals surface area contributed by atoms with Crippen LogP contribution in [-0.2, 0) is 0 Å². The van der Waals surface area contributed by atoms with E-state index in [0.717, 1.165) is 0 Å². The third-order valence-corrected chi connectivity index (χ3v) is 2.41. The predicted octanol–water partition coefficient (Wildman–Crippen LogP) is 1.44. The standard InChI is InChI=1S/C11H17N3O/c1-7(2)8(3)14-11(15)9-4-5-10(12)13-6-9/h4-8H,1-3H3,(H2,12,13)(H,14,15). The zero-order chi connectivity index (χ0) is 11.4. The van der Waals surface area contributed by atoms with Crippen molar-refractivity contribution in [1.82, 2.24) is 10.3 Å². The topological polar surface area (TPSA) is 68.0 Å². The van der Waals surface area contributed by atoms with Crippen LogP contribution in [0.25, 0.3) is 0 Å². The lowest BCUT2D eigenvalue weighted by Crippen LogP contribution is -2.36. The van der Waals surface area contributed by atoms with Crippen molar-refractivity contribution in [1.29, 1.82) is 0 Å². The van der Waals surface area contributed by atoms with E-state index in [9.17, 15) is 4.79 Å². The van der Waals surface area contributed by atoms with Gasteiger partial charge in [0.05, 0.1) is 5.56 Å². The monoisotopic (exact) mass is 207 g/mol. The molecule has 0 aromatic carbocycles. The van der Waals surface area contributed by atoms with Gasteiger partial charge in [-0.15, -0.1) is 0 Å². The minimum Gasteiger partial charge on any atom is -0.384 e. The highest BCUT2D eigenvalue weighted by atomic mass is 16.1. The van der Waals surface area contributed by atoms with Crippen LogP contribution in [0, 0.1) is 5.92 Å². The van der Waals surface area contributed by atoms with Crippen LogP contribution in [0.15, 0.2) is 18.3 Å². The molecular weight excluding hydrogens is 190 g/mol. The normalized spacial score (nSPS) is 12.5. The second-order valence-corrected chi connectivity index (χ2v) is 3.98. The lowest BCUT2D eigenvalue weighted by Gasteiger charge is -2.17. The van der Waals surface area contributed by atoms with Gasteiger partial charge in [0.15, 0.2) is 0 Å². The van der Waals surface area contributed by atoms with E-state index in [1.807, 2.05) is 6.92 Å². The molecule has 0 spiro atoms. The van der Waals surface area contributed by atoms with E-state index < -0.39 is 0 Å². The third kappa shape index (κ3) is 3.23. The number of hydrogen-bond donors (Lipinski definition) is 2. The molecule has 0 radical (unpaired) electrons. The minimum absolute atomic E-state index is 0.108. The van der Waals surface area contributed by atoms with Gasteiger partial charge in [-0.2, -0.15) is 0 Å². The number of rotatable bonds is 3. The molecule has 0 saturated heterocycles. The fourth-order valence-corrected chi connectivity index (χ4v) is 0.996. The number of amides is 1. The molecule has 4 nitrogen and oxygen atoms in total. The van der Waals surface area contributed by atoms with Crippen molar-refractivity contribution in [3.8, 4) is 0 Å². The molecule has 15 heavy (non-hydrogen) atoms. The lowest BCUT2D eigenvalue weighted by atomic mass is 10.1. The summed E-state index contributed by atoms with van der Waals surface area (Å²) in [5, 5.41) is 2.90. The van der Waals surface area contributed by atoms with Crippen molar-refractivity contribution in [2.75, 3.05) is 5.73 Å². The molecule has 1 amide bonds. The second-order valence-electron chi connectivity index (χ2n) is 3.98. The van der Waals surface area contributed by atoms with Gasteiger partial charge in [-0.1, -0.05) is 13.8 Å². The molecule has 0 aliphatic heterocycles. The van der Waals surface area contributed by atoms with Gasteiger partial charge in [0.2, 0.25) is 0 Å². The fraction of sp³-hybridized carbons (Fsp3) is 0.455. The highest BCUT2D eigenvalue weighted by molar-refractivity contribution is 5.94. The van der Waals surface area contributed by atoms with Crippen LogP contribution in [0.5, 0.6) is 0 Å². The molecule has 0 saturated carbocycles. The summed E-state index contributed by atoms with van der Waals surface area (Å²) in [4.78, 5) is 15.5. The number of nitrogen functional groups attached to an aromatic ring is 1. The second kappa shape index (κ2) is 4.77. The molecule has 1 rings (SSSR count). The van der Waals surface area contributed by atoms with Gasteiger partial charge in [0.25, 0.3) is 5.91 Å². The summed E-state index contributed by atoms with van der Waals surface area (Å²) < 4.78 is 0. The number of carbonyl (C=O) groups excluding carboxylic acids is 1. The first-order valence-corrected chi connectivity index (χ1v) is 5.03. The average Bonchev–Trinajstić information content (AvgIpc) is 2.18. The zero-order valence-corrected chi connectivity index (χ0v) is 9.32. The predicted molar refractivity (Wildman–Crippen MR) is 60.4 cm³/mol. The van der Waals surface area contributed by atoms with Crippen molar-refractivity contribution in [3.63, 3.8) is 0 Å². The summed E-state index contributed by atoms with van der Waals surface area (Å²) in [7, 11) is 0. The quantitative estimate of drug-likeness (QED) is 0.788. The molecule has 0 aliphatic carbocycles. The van der Waals surface area contributed by atoms with Crippen molar-refractivity contribution >= 4 is 11.7 Å². The molecule has 0 aliphatic rings. The van der Waals surface area contributed by atoms with Crippen LogP contribution < -0.4 is 11.1 Å². The van der Waals surface area contributed by atoms with E-state index in [0.29, 0.717) is 17.3 Å². The highest BCUT2D eigenvalue weighted by Crippen LogP contribution is 2.04. The number of pyridine rings is 1. The summed E-state index contributed by atoms with van der Waals surface area (Å²) in [6, 6.07) is 3.44. The summed E-state index contributed by atoms with van der Waals surface area (Å²) in [5.74, 6) is 0.725. The van der Waals surface area contributed by atoms with Gasteiger partial charge in [0, 0.05) is 12.2 Å². The van der Waals surface area contributed by atoms with Crippen molar-refractivity contribution in [2.24, 2.45) is 5.92 Å². The van der Waals surface area contributed by atoms with E-state index in [1.165, 1.54) is 6.20 Å². The van der Waals surface area contributed by atoms with Crippen LogP contribution in [0.1, 0.15) is 31.1 Å². The number of nitrogens with one attached hydrogen (secondary N) is 1. The number of nitrogens with two attached hydrogens (primary N) is 1. The van der Waals surface area contributed by atoms with Crippen LogP contribution in [0.3, 0.4) is 0 Å². The van der Waals surface area contributed by atoms with E-state index >= 15 is 0 Å². The molecule has 1 atom stereocenters. The minimum atomic E-state index is -0.108. The van der Waals surface area contributed by atoms with Crippen LogP contribution in [0.4, 0.5) is 5.82 Å². The number of carbonyl (C=O) groups is 1. The summed E-state index contributed by atoms with van der Waals surface area (Å²) >= 11 is 0. The van der Waals surface area contributed by atoms with E-state index in [2.05, 4.69) is 24.1 Å². The molecule has 1 unspecified atom stereocenters. The highest BCUT2D eigenvalue weighted by Gasteiger charge is 2.12. The maximum Gasteiger partial charge on any atom is 0.253 e. The Labute approximate surface area is 89.9 Å². The Morgan fingerprint density at radius 1 is 1.40 bits per heavy atom. The van der Waals surface area contributed by atoms with Crippen molar-refractivity contribution < 1.29 is 4.79 Å². The number of nitrogens with zero attached hydrogens (tertiary/aromatic N) is 1. The van der Waals surface area contributed by atoms with Gasteiger partial charge in [0.1, 0.15) is 5.82 Å². The Bertz CT molecular complexity index is 332. The van der Waals surface area contributed by atoms with Crippen LogP contribution in [0.2, 0.25) is 0 Å². The Morgan fingerprint density at radius 2 is 2.07 bits per heavy atom. The van der Waals surface area contributed by atoms with Crippen molar-refractivity contribution in [2.45, 2.75) is 26.8 Å². The molecule has 1 heterocycles.